The lowest BCUT2D eigenvalue weighted by molar-refractivity contribution is 0.103. The number of likely N-dealkylation sites (N-methyl/N-ethyl adjacent to an activating group) is 2. The number of nitrogen functional groups attached to an aromatic ring is 1. The monoisotopic (exact) mass is 209 g/mol. The number of nitrogens with two attached hydrogens (primary N) is 1. The van der Waals surface area contributed by atoms with Crippen LogP contribution in [0.4, 0.5) is 5.95 Å². The molecule has 1 atom stereocenters. The van der Waals surface area contributed by atoms with Gasteiger partial charge in [0.2, 0.25) is 0 Å². The van der Waals surface area contributed by atoms with E-state index < -0.39 is 0 Å². The van der Waals surface area contributed by atoms with Gasteiger partial charge in [0.25, 0.3) is 0 Å². The Kier molecular flexibility index (Phi) is 2.93. The number of nitrogens with zero attached hydrogens (tertiary/aromatic N) is 4. The summed E-state index contributed by atoms with van der Waals surface area (Å²) in [6.45, 7) is 4.28. The van der Waals surface area contributed by atoms with Crippen LogP contribution in [0.1, 0.15) is 0 Å². The summed E-state index contributed by atoms with van der Waals surface area (Å²) in [6.07, 6.45) is 3.69. The third-order valence-corrected chi connectivity index (χ3v) is 3.14. The molecule has 0 aliphatic carbocycles. The minimum Gasteiger partial charge on any atom is -0.369 e. The minimum atomic E-state index is 0.528. The summed E-state index contributed by atoms with van der Waals surface area (Å²) < 4.78 is 2.01. The predicted molar refractivity (Wildman–Crippen MR) is 60.6 cm³/mol. The van der Waals surface area contributed by atoms with Gasteiger partial charge in [0, 0.05) is 44.6 Å². The van der Waals surface area contributed by atoms with Gasteiger partial charge < -0.3 is 15.2 Å². The zero-order chi connectivity index (χ0) is 10.8. The highest BCUT2D eigenvalue weighted by atomic mass is 15.3. The van der Waals surface area contributed by atoms with Crippen LogP contribution in [0.15, 0.2) is 12.4 Å². The Morgan fingerprint density at radius 2 is 2.27 bits per heavy atom. The molecule has 15 heavy (non-hydrogen) atoms. The largest absolute Gasteiger partial charge is 0.369 e. The van der Waals surface area contributed by atoms with Crippen LogP contribution in [0.2, 0.25) is 0 Å². The van der Waals surface area contributed by atoms with Gasteiger partial charge in [-0.15, -0.1) is 0 Å². The highest BCUT2D eigenvalue weighted by molar-refractivity contribution is 5.16. The number of aromatic nitrogens is 2. The third kappa shape index (κ3) is 2.30. The number of anilines is 1. The molecule has 1 unspecified atom stereocenters. The van der Waals surface area contributed by atoms with E-state index in [4.69, 9.17) is 5.73 Å². The third-order valence-electron chi connectivity index (χ3n) is 3.14. The lowest BCUT2D eigenvalue weighted by atomic mass is 10.2. The smallest absolute Gasteiger partial charge is 0.200 e. The Hall–Kier alpha value is -1.07. The summed E-state index contributed by atoms with van der Waals surface area (Å²) >= 11 is 0. The fraction of sp³-hybridized carbons (Fsp3) is 0.700. The Labute approximate surface area is 90.5 Å². The SMILES string of the molecule is CN1CCN(C)C(Cn2ccnc2N)C1. The van der Waals surface area contributed by atoms with Gasteiger partial charge in [-0.3, -0.25) is 4.90 Å². The summed E-state index contributed by atoms with van der Waals surface area (Å²) in [7, 11) is 4.34. The predicted octanol–water partition coefficient (Wildman–Crippen LogP) is -0.289. The summed E-state index contributed by atoms with van der Waals surface area (Å²) in [5, 5.41) is 0. The molecule has 0 spiro atoms. The quantitative estimate of drug-likeness (QED) is 0.727. The lowest BCUT2D eigenvalue weighted by Crippen LogP contribution is -2.51. The maximum atomic E-state index is 5.76. The molecule has 2 rings (SSSR count). The van der Waals surface area contributed by atoms with Gasteiger partial charge in [-0.05, 0) is 14.1 Å². The van der Waals surface area contributed by atoms with Gasteiger partial charge in [-0.25, -0.2) is 4.98 Å². The van der Waals surface area contributed by atoms with Gasteiger partial charge in [0.15, 0.2) is 5.95 Å². The molecule has 0 bridgehead atoms. The number of rotatable bonds is 2. The first-order valence-corrected chi connectivity index (χ1v) is 5.32. The molecule has 1 aliphatic rings. The maximum absolute atomic E-state index is 5.76. The van der Waals surface area contributed by atoms with Crippen LogP contribution >= 0.6 is 0 Å². The van der Waals surface area contributed by atoms with Gasteiger partial charge in [0.1, 0.15) is 0 Å². The van der Waals surface area contributed by atoms with Crippen molar-refractivity contribution in [3.05, 3.63) is 12.4 Å². The van der Waals surface area contributed by atoms with E-state index in [1.807, 2.05) is 10.8 Å². The first-order valence-electron chi connectivity index (χ1n) is 5.32. The molecule has 0 saturated carbocycles. The zero-order valence-electron chi connectivity index (χ0n) is 9.43. The summed E-state index contributed by atoms with van der Waals surface area (Å²) in [5.41, 5.74) is 5.76. The first-order chi connectivity index (χ1) is 7.16. The van der Waals surface area contributed by atoms with E-state index in [1.165, 1.54) is 0 Å². The summed E-state index contributed by atoms with van der Waals surface area (Å²) in [5.74, 6) is 0.608. The number of imidazole rings is 1. The Morgan fingerprint density at radius 3 is 2.93 bits per heavy atom. The van der Waals surface area contributed by atoms with Crippen LogP contribution in [-0.4, -0.2) is 59.1 Å². The van der Waals surface area contributed by atoms with Crippen molar-refractivity contribution in [2.45, 2.75) is 12.6 Å². The fourth-order valence-electron chi connectivity index (χ4n) is 2.02. The van der Waals surface area contributed by atoms with Crippen LogP contribution in [0.25, 0.3) is 0 Å². The Bertz CT molecular complexity index is 321. The van der Waals surface area contributed by atoms with Gasteiger partial charge in [0.05, 0.1) is 0 Å². The van der Waals surface area contributed by atoms with Crippen LogP contribution in [0.3, 0.4) is 0 Å². The fourth-order valence-corrected chi connectivity index (χ4v) is 2.02. The van der Waals surface area contributed by atoms with E-state index in [-0.39, 0.29) is 0 Å². The molecule has 1 aromatic heterocycles. The molecule has 1 aromatic rings. The summed E-state index contributed by atoms with van der Waals surface area (Å²) in [4.78, 5) is 8.78. The molecule has 0 radical (unpaired) electrons. The van der Waals surface area contributed by atoms with Crippen molar-refractivity contribution in [3.8, 4) is 0 Å². The second kappa shape index (κ2) is 4.20. The first kappa shape index (κ1) is 10.4. The highest BCUT2D eigenvalue weighted by Crippen LogP contribution is 2.10. The van der Waals surface area contributed by atoms with Crippen molar-refractivity contribution in [2.24, 2.45) is 0 Å². The Balaban J connectivity index is 2.01. The van der Waals surface area contributed by atoms with Crippen LogP contribution in [0.5, 0.6) is 0 Å². The highest BCUT2D eigenvalue weighted by Gasteiger charge is 2.22. The van der Waals surface area contributed by atoms with Crippen LogP contribution in [-0.2, 0) is 6.54 Å². The lowest BCUT2D eigenvalue weighted by Gasteiger charge is -2.37. The topological polar surface area (TPSA) is 50.3 Å². The maximum Gasteiger partial charge on any atom is 0.200 e. The van der Waals surface area contributed by atoms with E-state index in [2.05, 4.69) is 28.9 Å². The summed E-state index contributed by atoms with van der Waals surface area (Å²) in [6, 6.07) is 0.528. The molecule has 0 aromatic carbocycles. The normalized spacial score (nSPS) is 24.5. The molecule has 1 fully saturated rings. The van der Waals surface area contributed by atoms with E-state index in [9.17, 15) is 0 Å². The second-order valence-electron chi connectivity index (χ2n) is 4.33. The number of piperazine rings is 1. The van der Waals surface area contributed by atoms with Crippen molar-refractivity contribution in [2.75, 3.05) is 39.5 Å². The molecular weight excluding hydrogens is 190 g/mol. The van der Waals surface area contributed by atoms with E-state index in [1.54, 1.807) is 6.20 Å². The van der Waals surface area contributed by atoms with Crippen LogP contribution in [0, 0.1) is 0 Å². The molecule has 5 heteroatoms. The minimum absolute atomic E-state index is 0.528. The molecule has 84 valence electrons. The average molecular weight is 209 g/mol. The standard InChI is InChI=1S/C10H19N5/c1-13-5-6-14(2)9(7-13)8-15-4-3-12-10(15)11/h3-4,9H,5-8H2,1-2H3,(H2,11,12). The second-order valence-corrected chi connectivity index (χ2v) is 4.33. The van der Waals surface area contributed by atoms with Crippen molar-refractivity contribution in [3.63, 3.8) is 0 Å². The average Bonchev–Trinajstić information content (AvgIpc) is 2.58. The molecule has 1 saturated heterocycles. The number of hydrogen-bond acceptors (Lipinski definition) is 4. The zero-order valence-corrected chi connectivity index (χ0v) is 9.43. The van der Waals surface area contributed by atoms with Crippen molar-refractivity contribution >= 4 is 5.95 Å². The van der Waals surface area contributed by atoms with E-state index >= 15 is 0 Å². The van der Waals surface area contributed by atoms with Crippen molar-refractivity contribution < 1.29 is 0 Å². The van der Waals surface area contributed by atoms with E-state index in [0.717, 1.165) is 26.2 Å². The van der Waals surface area contributed by atoms with E-state index in [0.29, 0.717) is 12.0 Å². The Morgan fingerprint density at radius 1 is 1.47 bits per heavy atom. The van der Waals surface area contributed by atoms with Gasteiger partial charge >= 0.3 is 0 Å². The molecule has 1 aliphatic heterocycles. The van der Waals surface area contributed by atoms with Gasteiger partial charge in [-0.1, -0.05) is 0 Å². The molecule has 0 amide bonds. The van der Waals surface area contributed by atoms with Crippen molar-refractivity contribution in [1.82, 2.24) is 19.4 Å². The molecule has 5 nitrogen and oxygen atoms in total. The molecular formula is C10H19N5. The van der Waals surface area contributed by atoms with Crippen LogP contribution < -0.4 is 5.73 Å². The molecule has 2 N–H and O–H groups in total. The molecule has 2 heterocycles. The van der Waals surface area contributed by atoms with Crippen molar-refractivity contribution in [1.29, 1.82) is 0 Å². The van der Waals surface area contributed by atoms with Gasteiger partial charge in [-0.2, -0.15) is 0 Å². The number of hydrogen-bond donors (Lipinski definition) is 1.